The maximum atomic E-state index is 13.5. The second-order valence-electron chi connectivity index (χ2n) is 22.9. The predicted molar refractivity (Wildman–Crippen MR) is 348 cm³/mol. The molecule has 0 rings (SSSR count). The smallest absolute Gasteiger partial charge is 0.306 e. The normalized spacial score (nSPS) is 14.4. The van der Waals surface area contributed by atoms with E-state index in [1.54, 1.807) is 0 Å². The standard InChI is InChI=1S/C71H123N2O7P/c1-7-10-13-16-19-22-25-27-29-31-33-34-35-36-37-38-40-42-44-46-49-52-55-58-61-64-71(75)80-69(62-59-56-53-50-47-24-21-18-15-12-9-3)68(67-79-81(76,77)78-66-65-73(4,5)6)72-70(74)63-60-57-54-51-48-45-43-41-39-32-30-28-26-23-20-17-14-11-8-2/h11,14,19-20,22-23,27-30,33-34,36-37,39,41,45,48,59,62,68-69H,7-10,12-13,15-18,21,24-26,31-32,35,38,40,42-44,46-47,49-58,60-61,63-67H2,1-6H3,(H-,72,74,76,77)/b14-11-,22-19-,23-20-,29-27-,30-28-,34-33-,37-36-,41-39-,48-45-,62-59-. The van der Waals surface area contributed by atoms with E-state index in [1.165, 1.54) is 103 Å². The molecule has 464 valence electrons. The fourth-order valence-electron chi connectivity index (χ4n) is 8.83. The van der Waals surface area contributed by atoms with E-state index in [2.05, 4.69) is 135 Å². The van der Waals surface area contributed by atoms with Crippen LogP contribution in [0.5, 0.6) is 0 Å². The Kier molecular flexibility index (Phi) is 56.9. The molecule has 3 unspecified atom stereocenters. The highest BCUT2D eigenvalue weighted by Gasteiger charge is 2.27. The first-order valence-corrected chi connectivity index (χ1v) is 34.3. The summed E-state index contributed by atoms with van der Waals surface area (Å²) < 4.78 is 30.3. The molecule has 0 aromatic rings. The molecular formula is C71H123N2O7P. The number of esters is 1. The van der Waals surface area contributed by atoms with Crippen molar-refractivity contribution in [3.05, 3.63) is 122 Å². The maximum absolute atomic E-state index is 13.5. The molecule has 0 fully saturated rings. The molecule has 0 saturated heterocycles. The number of nitrogens with one attached hydrogen (secondary N) is 1. The number of hydrogen-bond donors (Lipinski definition) is 1. The zero-order valence-electron chi connectivity index (χ0n) is 52.9. The maximum Gasteiger partial charge on any atom is 0.306 e. The number of nitrogens with zero attached hydrogens (tertiary/aromatic N) is 1. The molecule has 0 radical (unpaired) electrons. The van der Waals surface area contributed by atoms with Gasteiger partial charge in [0, 0.05) is 12.8 Å². The van der Waals surface area contributed by atoms with Gasteiger partial charge in [-0.3, -0.25) is 14.2 Å². The summed E-state index contributed by atoms with van der Waals surface area (Å²) in [6, 6.07) is -0.917. The average molecular weight is 1150 g/mol. The van der Waals surface area contributed by atoms with Crippen molar-refractivity contribution in [3.8, 4) is 0 Å². The minimum absolute atomic E-state index is 0.0364. The third kappa shape index (κ3) is 60.8. The predicted octanol–water partition coefficient (Wildman–Crippen LogP) is 20.0. The highest BCUT2D eigenvalue weighted by atomic mass is 31.2. The fraction of sp³-hybridized carbons (Fsp3) is 0.690. The molecular weight excluding hydrogens is 1020 g/mol. The van der Waals surface area contributed by atoms with Crippen molar-refractivity contribution in [2.45, 2.75) is 277 Å². The van der Waals surface area contributed by atoms with Gasteiger partial charge >= 0.3 is 5.97 Å². The van der Waals surface area contributed by atoms with E-state index in [1.807, 2.05) is 33.3 Å². The van der Waals surface area contributed by atoms with E-state index in [4.69, 9.17) is 13.8 Å². The van der Waals surface area contributed by atoms with Crippen molar-refractivity contribution in [2.24, 2.45) is 0 Å². The lowest BCUT2D eigenvalue weighted by atomic mass is 10.1. The Bertz CT molecular complexity index is 1800. The van der Waals surface area contributed by atoms with Crippen molar-refractivity contribution < 1.29 is 37.3 Å². The molecule has 0 aliphatic rings. The van der Waals surface area contributed by atoms with E-state index in [0.717, 1.165) is 116 Å². The van der Waals surface area contributed by atoms with Crippen LogP contribution in [-0.4, -0.2) is 69.4 Å². The van der Waals surface area contributed by atoms with E-state index in [-0.39, 0.29) is 31.3 Å². The van der Waals surface area contributed by atoms with Gasteiger partial charge in [-0.1, -0.05) is 252 Å². The Hall–Kier alpha value is -3.59. The number of hydrogen-bond acceptors (Lipinski definition) is 7. The number of allylic oxidation sites excluding steroid dienone is 19. The minimum atomic E-state index is -4.72. The summed E-state index contributed by atoms with van der Waals surface area (Å²) >= 11 is 0. The van der Waals surface area contributed by atoms with Crippen LogP contribution in [0.2, 0.25) is 0 Å². The van der Waals surface area contributed by atoms with Gasteiger partial charge in [0.05, 0.1) is 33.8 Å². The van der Waals surface area contributed by atoms with Gasteiger partial charge in [0.25, 0.3) is 7.82 Å². The first-order chi connectivity index (χ1) is 39.4. The number of phosphoric acid groups is 1. The van der Waals surface area contributed by atoms with Crippen molar-refractivity contribution >= 4 is 19.7 Å². The highest BCUT2D eigenvalue weighted by Crippen LogP contribution is 2.38. The number of carbonyl (C=O) groups is 2. The third-order valence-corrected chi connectivity index (χ3v) is 14.8. The summed E-state index contributed by atoms with van der Waals surface area (Å²) in [5.74, 6) is -0.592. The second-order valence-corrected chi connectivity index (χ2v) is 24.3. The Morgan fingerprint density at radius 2 is 0.790 bits per heavy atom. The minimum Gasteiger partial charge on any atom is -0.756 e. The summed E-state index contributed by atoms with van der Waals surface area (Å²) in [5.41, 5.74) is 0. The van der Waals surface area contributed by atoms with Crippen molar-refractivity contribution in [1.82, 2.24) is 5.32 Å². The number of carbonyl (C=O) groups excluding carboxylic acids is 2. The van der Waals surface area contributed by atoms with Crippen LogP contribution in [0, 0.1) is 0 Å². The molecule has 1 amide bonds. The largest absolute Gasteiger partial charge is 0.756 e. The zero-order chi connectivity index (χ0) is 59.3. The molecule has 1 N–H and O–H groups in total. The molecule has 0 aromatic heterocycles. The number of likely N-dealkylation sites (N-methyl/N-ethyl adjacent to an activating group) is 1. The van der Waals surface area contributed by atoms with Crippen LogP contribution < -0.4 is 10.2 Å². The summed E-state index contributed by atoms with van der Waals surface area (Å²) in [6.07, 6.45) is 83.1. The van der Waals surface area contributed by atoms with Gasteiger partial charge in [-0.25, -0.2) is 0 Å². The lowest BCUT2D eigenvalue weighted by Gasteiger charge is -2.30. The topological polar surface area (TPSA) is 114 Å². The lowest BCUT2D eigenvalue weighted by molar-refractivity contribution is -0.870. The summed E-state index contributed by atoms with van der Waals surface area (Å²) in [5, 5.41) is 3.01. The first-order valence-electron chi connectivity index (χ1n) is 32.8. The quantitative estimate of drug-likeness (QED) is 0.0212. The molecule has 3 atom stereocenters. The van der Waals surface area contributed by atoms with Crippen molar-refractivity contribution in [3.63, 3.8) is 0 Å². The molecule has 9 nitrogen and oxygen atoms in total. The molecule has 10 heteroatoms. The number of rotatable bonds is 58. The van der Waals surface area contributed by atoms with E-state index in [0.29, 0.717) is 23.9 Å². The van der Waals surface area contributed by atoms with E-state index < -0.39 is 26.6 Å². The Morgan fingerprint density at radius 3 is 1.22 bits per heavy atom. The average Bonchev–Trinajstić information content (AvgIpc) is 3.43. The van der Waals surface area contributed by atoms with Crippen LogP contribution in [-0.2, 0) is 27.9 Å². The Balaban J connectivity index is 5.19. The number of amides is 1. The van der Waals surface area contributed by atoms with Gasteiger partial charge in [0.15, 0.2) is 0 Å². The number of quaternary nitrogens is 1. The van der Waals surface area contributed by atoms with E-state index >= 15 is 0 Å². The summed E-state index contributed by atoms with van der Waals surface area (Å²) in [6.45, 7) is 6.66. The molecule has 0 bridgehead atoms. The van der Waals surface area contributed by atoms with Crippen molar-refractivity contribution in [2.75, 3.05) is 40.9 Å². The fourth-order valence-corrected chi connectivity index (χ4v) is 9.55. The first kappa shape index (κ1) is 77.4. The Morgan fingerprint density at radius 1 is 0.444 bits per heavy atom. The van der Waals surface area contributed by atoms with E-state index in [9.17, 15) is 19.0 Å². The van der Waals surface area contributed by atoms with Gasteiger partial charge in [-0.2, -0.15) is 0 Å². The Labute approximate surface area is 499 Å². The van der Waals surface area contributed by atoms with Crippen molar-refractivity contribution in [1.29, 1.82) is 0 Å². The van der Waals surface area contributed by atoms with Crippen LogP contribution in [0.15, 0.2) is 122 Å². The number of unbranched alkanes of at least 4 members (excludes halogenated alkanes) is 24. The summed E-state index contributed by atoms with van der Waals surface area (Å²) in [7, 11) is 1.14. The molecule has 0 heterocycles. The third-order valence-electron chi connectivity index (χ3n) is 13.9. The second kappa shape index (κ2) is 59.6. The van der Waals surface area contributed by atoms with Crippen LogP contribution in [0.3, 0.4) is 0 Å². The molecule has 0 aromatic carbocycles. The SMILES string of the molecule is CC/C=C\C/C=C\C/C=C\C/C=C\C/C=C\CCCCCC(=O)NC(COP(=O)([O-])OCC[N+](C)(C)C)C(/C=C\CCCCCCCCCCC)OC(=O)CCCCCCCCCCC/C=C\C/C=C\C/C=C\C/C=C\CCCCC. The summed E-state index contributed by atoms with van der Waals surface area (Å²) in [4.78, 5) is 40.0. The van der Waals surface area contributed by atoms with Gasteiger partial charge in [-0.05, 0) is 122 Å². The van der Waals surface area contributed by atoms with Gasteiger partial charge in [0.2, 0.25) is 5.91 Å². The molecule has 81 heavy (non-hydrogen) atoms. The number of phosphoric ester groups is 1. The lowest BCUT2D eigenvalue weighted by Crippen LogP contribution is -2.47. The molecule has 0 saturated carbocycles. The monoisotopic (exact) mass is 1150 g/mol. The van der Waals surface area contributed by atoms with Gasteiger partial charge < -0.3 is 28.5 Å². The molecule has 0 spiro atoms. The van der Waals surface area contributed by atoms with Crippen LogP contribution in [0.25, 0.3) is 0 Å². The van der Waals surface area contributed by atoms with Crippen LogP contribution >= 0.6 is 7.82 Å². The highest BCUT2D eigenvalue weighted by molar-refractivity contribution is 7.45. The van der Waals surface area contributed by atoms with Gasteiger partial charge in [-0.15, -0.1) is 0 Å². The molecule has 0 aliphatic heterocycles. The zero-order valence-corrected chi connectivity index (χ0v) is 53.8. The number of ether oxygens (including phenoxy) is 1. The van der Waals surface area contributed by atoms with Crippen LogP contribution in [0.1, 0.15) is 265 Å². The van der Waals surface area contributed by atoms with Gasteiger partial charge in [0.1, 0.15) is 19.3 Å². The molecule has 0 aliphatic carbocycles. The van der Waals surface area contributed by atoms with Crippen LogP contribution in [0.4, 0.5) is 0 Å².